The highest BCUT2D eigenvalue weighted by atomic mass is 16.5. The normalized spacial score (nSPS) is 29.1. The van der Waals surface area contributed by atoms with Gasteiger partial charge in [-0.25, -0.2) is 0 Å². The number of carbonyl (C=O) groups is 2. The average molecular weight is 290 g/mol. The molecule has 3 aliphatic rings. The fourth-order valence-corrected chi connectivity index (χ4v) is 3.66. The number of hydrogen-bond acceptors (Lipinski definition) is 3. The third kappa shape index (κ3) is 3.48. The Kier molecular flexibility index (Phi) is 5.08. The molecule has 3 fully saturated rings. The second-order valence-electron chi connectivity index (χ2n) is 6.86. The summed E-state index contributed by atoms with van der Waals surface area (Å²) in [5, 5.41) is 0. The van der Waals surface area contributed by atoms with Crippen molar-refractivity contribution in [1.82, 2.24) is 0 Å². The van der Waals surface area contributed by atoms with E-state index in [1.165, 1.54) is 0 Å². The molecular weight excluding hydrogens is 264 g/mol. The summed E-state index contributed by atoms with van der Waals surface area (Å²) in [6, 6.07) is 0. The van der Waals surface area contributed by atoms with Crippen molar-refractivity contribution in [3.8, 4) is 11.8 Å². The zero-order valence-electron chi connectivity index (χ0n) is 13.4. The molecule has 0 aromatic rings. The van der Waals surface area contributed by atoms with Gasteiger partial charge in [0, 0.05) is 31.1 Å². The van der Waals surface area contributed by atoms with Crippen LogP contribution in [0, 0.1) is 35.0 Å². The van der Waals surface area contributed by atoms with Crippen LogP contribution in [0.25, 0.3) is 0 Å². The zero-order valence-corrected chi connectivity index (χ0v) is 13.4. The molecule has 0 radical (unpaired) electrons. The van der Waals surface area contributed by atoms with E-state index < -0.39 is 0 Å². The first-order valence-corrected chi connectivity index (χ1v) is 8.11. The Morgan fingerprint density at radius 1 is 1.33 bits per heavy atom. The molecule has 0 aromatic heterocycles. The average Bonchev–Trinajstić information content (AvgIpc) is 2.43. The van der Waals surface area contributed by atoms with Gasteiger partial charge in [-0.1, -0.05) is 13.8 Å². The molecule has 0 saturated heterocycles. The first-order valence-electron chi connectivity index (χ1n) is 8.11. The van der Waals surface area contributed by atoms with E-state index in [1.54, 1.807) is 0 Å². The Balaban J connectivity index is 1.67. The lowest BCUT2D eigenvalue weighted by molar-refractivity contribution is -0.156. The van der Waals surface area contributed by atoms with Gasteiger partial charge in [0.25, 0.3) is 0 Å². The van der Waals surface area contributed by atoms with E-state index in [9.17, 15) is 9.59 Å². The van der Waals surface area contributed by atoms with Gasteiger partial charge in [0.15, 0.2) is 0 Å². The van der Waals surface area contributed by atoms with Crippen molar-refractivity contribution in [2.45, 2.75) is 59.3 Å². The topological polar surface area (TPSA) is 43.4 Å². The second kappa shape index (κ2) is 6.64. The van der Waals surface area contributed by atoms with Crippen molar-refractivity contribution in [1.29, 1.82) is 0 Å². The number of ether oxygens (including phenoxy) is 1. The molecule has 0 unspecified atom stereocenters. The highest BCUT2D eigenvalue weighted by molar-refractivity contribution is 5.87. The van der Waals surface area contributed by atoms with E-state index in [1.807, 2.05) is 6.92 Å². The van der Waals surface area contributed by atoms with Crippen LogP contribution in [-0.4, -0.2) is 18.4 Å². The Morgan fingerprint density at radius 2 is 2.10 bits per heavy atom. The molecule has 0 amide bonds. The standard InChI is InChI=1S/C18H26O3/c1-4-21-16(19)10-8-6-5-7-9-13-11-14-12-15(17(13)20)18(14,2)3/h13-15H,4,6,8-12H2,1-3H3/t13-,14-,15-/m0/s1. The summed E-state index contributed by atoms with van der Waals surface area (Å²) in [6.45, 7) is 6.69. The summed E-state index contributed by atoms with van der Waals surface area (Å²) in [7, 11) is 0. The third-order valence-corrected chi connectivity index (χ3v) is 5.25. The third-order valence-electron chi connectivity index (χ3n) is 5.25. The predicted molar refractivity (Wildman–Crippen MR) is 81.4 cm³/mol. The van der Waals surface area contributed by atoms with Crippen molar-refractivity contribution in [3.05, 3.63) is 0 Å². The van der Waals surface area contributed by atoms with Gasteiger partial charge in [0.2, 0.25) is 0 Å². The Labute approximate surface area is 127 Å². The van der Waals surface area contributed by atoms with Crippen LogP contribution in [0.1, 0.15) is 59.3 Å². The lowest BCUT2D eigenvalue weighted by Crippen LogP contribution is -2.56. The van der Waals surface area contributed by atoms with Gasteiger partial charge < -0.3 is 4.74 Å². The minimum atomic E-state index is -0.149. The minimum absolute atomic E-state index is 0.149. The number of unbranched alkanes of at least 4 members (excludes halogenated alkanes) is 1. The van der Waals surface area contributed by atoms with Crippen LogP contribution in [0.4, 0.5) is 0 Å². The van der Waals surface area contributed by atoms with Crippen molar-refractivity contribution in [2.24, 2.45) is 23.2 Å². The van der Waals surface area contributed by atoms with Crippen LogP contribution in [0.2, 0.25) is 0 Å². The lowest BCUT2D eigenvalue weighted by atomic mass is 9.46. The maximum atomic E-state index is 12.3. The molecule has 0 spiro atoms. The molecule has 3 aliphatic carbocycles. The Hall–Kier alpha value is -1.30. The van der Waals surface area contributed by atoms with Gasteiger partial charge in [-0.15, -0.1) is 11.8 Å². The van der Waals surface area contributed by atoms with Crippen molar-refractivity contribution < 1.29 is 14.3 Å². The fraction of sp³-hybridized carbons (Fsp3) is 0.778. The van der Waals surface area contributed by atoms with Crippen LogP contribution in [0.3, 0.4) is 0 Å². The number of rotatable bonds is 5. The molecule has 0 aliphatic heterocycles. The molecule has 3 atom stereocenters. The van der Waals surface area contributed by atoms with Crippen molar-refractivity contribution in [3.63, 3.8) is 0 Å². The molecule has 2 bridgehead atoms. The van der Waals surface area contributed by atoms with Crippen LogP contribution >= 0.6 is 0 Å². The van der Waals surface area contributed by atoms with Gasteiger partial charge in [-0.05, 0) is 37.5 Å². The summed E-state index contributed by atoms with van der Waals surface area (Å²) in [5.74, 6) is 7.64. The quantitative estimate of drug-likeness (QED) is 0.443. The summed E-state index contributed by atoms with van der Waals surface area (Å²) < 4.78 is 4.86. The van der Waals surface area contributed by atoms with E-state index >= 15 is 0 Å². The van der Waals surface area contributed by atoms with Gasteiger partial charge >= 0.3 is 5.97 Å². The van der Waals surface area contributed by atoms with Crippen LogP contribution in [0.15, 0.2) is 0 Å². The fourth-order valence-electron chi connectivity index (χ4n) is 3.66. The van der Waals surface area contributed by atoms with Gasteiger partial charge in [-0.2, -0.15) is 0 Å². The largest absolute Gasteiger partial charge is 0.466 e. The Bertz CT molecular complexity index is 467. The number of fused-ring (bicyclic) bond motifs is 2. The Morgan fingerprint density at radius 3 is 2.71 bits per heavy atom. The SMILES string of the molecule is CCOC(=O)CCCC#CC[C@H]1C[C@H]2C[C@@H](C1=O)C2(C)C. The molecule has 3 nitrogen and oxygen atoms in total. The zero-order chi connectivity index (χ0) is 15.5. The predicted octanol–water partition coefficient (Wildman–Crippen LogP) is 3.36. The smallest absolute Gasteiger partial charge is 0.305 e. The number of hydrogen-bond donors (Lipinski definition) is 0. The first kappa shape index (κ1) is 16.1. The molecule has 0 N–H and O–H groups in total. The van der Waals surface area contributed by atoms with Crippen LogP contribution in [-0.2, 0) is 14.3 Å². The minimum Gasteiger partial charge on any atom is -0.466 e. The van der Waals surface area contributed by atoms with Crippen molar-refractivity contribution >= 4 is 11.8 Å². The molecule has 3 heteroatoms. The molecule has 21 heavy (non-hydrogen) atoms. The molecule has 3 rings (SSSR count). The molecule has 3 saturated carbocycles. The van der Waals surface area contributed by atoms with E-state index in [0.29, 0.717) is 37.6 Å². The van der Waals surface area contributed by atoms with E-state index in [-0.39, 0.29) is 23.2 Å². The van der Waals surface area contributed by atoms with E-state index in [4.69, 9.17) is 4.74 Å². The van der Waals surface area contributed by atoms with E-state index in [2.05, 4.69) is 25.7 Å². The molecular formula is C18H26O3. The summed E-state index contributed by atoms with van der Waals surface area (Å²) in [6.07, 6.45) is 4.68. The van der Waals surface area contributed by atoms with Crippen molar-refractivity contribution in [2.75, 3.05) is 6.61 Å². The maximum Gasteiger partial charge on any atom is 0.305 e. The number of ketones is 1. The molecule has 0 aromatic carbocycles. The number of Topliss-reactive ketones (excluding diaryl/α,β-unsaturated/α-hetero) is 1. The van der Waals surface area contributed by atoms with Gasteiger partial charge in [-0.3, -0.25) is 9.59 Å². The lowest BCUT2D eigenvalue weighted by Gasteiger charge is -2.57. The highest BCUT2D eigenvalue weighted by Crippen LogP contribution is 2.59. The maximum absolute atomic E-state index is 12.3. The monoisotopic (exact) mass is 290 g/mol. The highest BCUT2D eigenvalue weighted by Gasteiger charge is 2.57. The molecule has 116 valence electrons. The second-order valence-corrected chi connectivity index (χ2v) is 6.86. The molecule has 0 heterocycles. The summed E-state index contributed by atoms with van der Waals surface area (Å²) in [5.41, 5.74) is 0.223. The number of carbonyl (C=O) groups excluding carboxylic acids is 2. The van der Waals surface area contributed by atoms with Gasteiger partial charge in [0.1, 0.15) is 5.78 Å². The van der Waals surface area contributed by atoms with Gasteiger partial charge in [0.05, 0.1) is 6.61 Å². The van der Waals surface area contributed by atoms with Crippen LogP contribution < -0.4 is 0 Å². The first-order chi connectivity index (χ1) is 9.96. The van der Waals surface area contributed by atoms with Crippen LogP contribution in [0.5, 0.6) is 0 Å². The summed E-state index contributed by atoms with van der Waals surface area (Å²) in [4.78, 5) is 23.5. The summed E-state index contributed by atoms with van der Waals surface area (Å²) >= 11 is 0. The number of esters is 1. The van der Waals surface area contributed by atoms with E-state index in [0.717, 1.165) is 19.3 Å².